The summed E-state index contributed by atoms with van der Waals surface area (Å²) in [4.78, 5) is 12.1. The van der Waals surface area contributed by atoms with Crippen molar-refractivity contribution in [3.63, 3.8) is 0 Å². The largest absolute Gasteiger partial charge is 0.472 e. The number of nitrogens with one attached hydrogen (secondary N) is 1. The quantitative estimate of drug-likeness (QED) is 0.861. The van der Waals surface area contributed by atoms with E-state index < -0.39 is 15.9 Å². The summed E-state index contributed by atoms with van der Waals surface area (Å²) < 4.78 is 31.2. The van der Waals surface area contributed by atoms with Gasteiger partial charge in [-0.15, -0.1) is 0 Å². The van der Waals surface area contributed by atoms with Crippen LogP contribution in [0.2, 0.25) is 5.02 Å². The van der Waals surface area contributed by atoms with Crippen molar-refractivity contribution in [1.29, 1.82) is 0 Å². The van der Waals surface area contributed by atoms with E-state index in [1.54, 1.807) is 13.8 Å². The van der Waals surface area contributed by atoms with E-state index in [2.05, 4.69) is 5.32 Å². The molecule has 0 unspecified atom stereocenters. The third-order valence-corrected chi connectivity index (χ3v) is 5.69. The van der Waals surface area contributed by atoms with Crippen LogP contribution in [0.5, 0.6) is 0 Å². The number of rotatable bonds is 6. The van der Waals surface area contributed by atoms with Gasteiger partial charge in [0.05, 0.1) is 27.4 Å². The standard InChI is InChI=1S/C15H17ClN2O4S/c1-3-18(4-2)23(20,21)12-5-6-13(16)14(9-12)17-15(19)11-7-8-22-10-11/h5-10H,3-4H2,1-2H3,(H,17,19). The summed E-state index contributed by atoms with van der Waals surface area (Å²) >= 11 is 6.05. The van der Waals surface area contributed by atoms with Crippen molar-refractivity contribution in [3.05, 3.63) is 47.4 Å². The average molecular weight is 357 g/mol. The molecular formula is C15H17ClN2O4S. The van der Waals surface area contributed by atoms with Crippen LogP contribution in [0.15, 0.2) is 46.1 Å². The molecule has 23 heavy (non-hydrogen) atoms. The van der Waals surface area contributed by atoms with Gasteiger partial charge in [-0.1, -0.05) is 25.4 Å². The molecular weight excluding hydrogens is 340 g/mol. The zero-order chi connectivity index (χ0) is 17.0. The lowest BCUT2D eigenvalue weighted by atomic mass is 10.3. The predicted octanol–water partition coefficient (Wildman–Crippen LogP) is 3.22. The molecule has 0 aliphatic heterocycles. The van der Waals surface area contributed by atoms with E-state index in [0.717, 1.165) is 0 Å². The number of furan rings is 1. The van der Waals surface area contributed by atoms with Gasteiger partial charge in [0.15, 0.2) is 0 Å². The average Bonchev–Trinajstić information content (AvgIpc) is 3.04. The van der Waals surface area contributed by atoms with Crippen LogP contribution >= 0.6 is 11.6 Å². The van der Waals surface area contributed by atoms with Gasteiger partial charge in [0.1, 0.15) is 6.26 Å². The monoisotopic (exact) mass is 356 g/mol. The van der Waals surface area contributed by atoms with Crippen molar-refractivity contribution >= 4 is 33.2 Å². The van der Waals surface area contributed by atoms with Gasteiger partial charge in [0.25, 0.3) is 5.91 Å². The second-order valence-electron chi connectivity index (χ2n) is 4.70. The third-order valence-electron chi connectivity index (χ3n) is 3.31. The minimum atomic E-state index is -3.63. The fourth-order valence-electron chi connectivity index (χ4n) is 2.06. The van der Waals surface area contributed by atoms with Crippen molar-refractivity contribution < 1.29 is 17.6 Å². The maximum absolute atomic E-state index is 12.5. The molecule has 0 spiro atoms. The summed E-state index contributed by atoms with van der Waals surface area (Å²) in [5, 5.41) is 2.84. The molecule has 1 amide bonds. The molecule has 1 N–H and O–H groups in total. The number of nitrogens with zero attached hydrogens (tertiary/aromatic N) is 1. The molecule has 1 aromatic heterocycles. The van der Waals surface area contributed by atoms with Crippen molar-refractivity contribution in [1.82, 2.24) is 4.31 Å². The van der Waals surface area contributed by atoms with Crippen LogP contribution in [-0.2, 0) is 10.0 Å². The molecule has 2 aromatic rings. The van der Waals surface area contributed by atoms with E-state index >= 15 is 0 Å². The van der Waals surface area contributed by atoms with E-state index in [1.165, 1.54) is 41.1 Å². The fraction of sp³-hybridized carbons (Fsp3) is 0.267. The van der Waals surface area contributed by atoms with E-state index in [0.29, 0.717) is 18.7 Å². The molecule has 0 bridgehead atoms. The van der Waals surface area contributed by atoms with E-state index in [9.17, 15) is 13.2 Å². The molecule has 0 aliphatic carbocycles. The highest BCUT2D eigenvalue weighted by atomic mass is 35.5. The molecule has 0 saturated carbocycles. The zero-order valence-electron chi connectivity index (χ0n) is 12.7. The second kappa shape index (κ2) is 7.16. The highest BCUT2D eigenvalue weighted by molar-refractivity contribution is 7.89. The number of benzene rings is 1. The van der Waals surface area contributed by atoms with Gasteiger partial charge in [-0.05, 0) is 24.3 Å². The Morgan fingerprint density at radius 3 is 2.52 bits per heavy atom. The summed E-state index contributed by atoms with van der Waals surface area (Å²) in [6, 6.07) is 5.72. The van der Waals surface area contributed by atoms with Gasteiger partial charge in [0.2, 0.25) is 10.0 Å². The molecule has 0 saturated heterocycles. The SMILES string of the molecule is CCN(CC)S(=O)(=O)c1ccc(Cl)c(NC(=O)c2ccoc2)c1. The molecule has 2 rings (SSSR count). The Kier molecular flexibility index (Phi) is 5.46. The molecule has 0 radical (unpaired) electrons. The van der Waals surface area contributed by atoms with Crippen molar-refractivity contribution in [2.24, 2.45) is 0 Å². The maximum Gasteiger partial charge on any atom is 0.258 e. The molecule has 0 aliphatic rings. The lowest BCUT2D eigenvalue weighted by Gasteiger charge is -2.19. The van der Waals surface area contributed by atoms with Gasteiger partial charge in [0, 0.05) is 13.1 Å². The molecule has 0 fully saturated rings. The Balaban J connectivity index is 2.34. The second-order valence-corrected chi connectivity index (χ2v) is 7.04. The first-order valence-electron chi connectivity index (χ1n) is 7.03. The first kappa shape index (κ1) is 17.5. The topological polar surface area (TPSA) is 79.6 Å². The fourth-order valence-corrected chi connectivity index (χ4v) is 3.71. The van der Waals surface area contributed by atoms with E-state index in [4.69, 9.17) is 16.0 Å². The molecule has 0 atom stereocenters. The van der Waals surface area contributed by atoms with Crippen LogP contribution in [0.25, 0.3) is 0 Å². The number of halogens is 1. The number of anilines is 1. The smallest absolute Gasteiger partial charge is 0.258 e. The lowest BCUT2D eigenvalue weighted by molar-refractivity contribution is 0.102. The van der Waals surface area contributed by atoms with Crippen LogP contribution in [0.4, 0.5) is 5.69 Å². The Bertz CT molecular complexity index is 784. The lowest BCUT2D eigenvalue weighted by Crippen LogP contribution is -2.30. The van der Waals surface area contributed by atoms with Crippen LogP contribution in [0.3, 0.4) is 0 Å². The Morgan fingerprint density at radius 2 is 1.96 bits per heavy atom. The van der Waals surface area contributed by atoms with Crippen LogP contribution in [0, 0.1) is 0 Å². The molecule has 1 aromatic carbocycles. The van der Waals surface area contributed by atoms with Crippen molar-refractivity contribution in [3.8, 4) is 0 Å². The number of amides is 1. The molecule has 1 heterocycles. The predicted molar refractivity (Wildman–Crippen MR) is 88.2 cm³/mol. The number of hydrogen-bond acceptors (Lipinski definition) is 4. The number of carbonyl (C=O) groups excluding carboxylic acids is 1. The summed E-state index contributed by atoms with van der Waals surface area (Å²) in [5.74, 6) is -0.432. The molecule has 6 nitrogen and oxygen atoms in total. The first-order valence-corrected chi connectivity index (χ1v) is 8.85. The summed E-state index contributed by atoms with van der Waals surface area (Å²) in [6.45, 7) is 4.24. The highest BCUT2D eigenvalue weighted by Gasteiger charge is 2.23. The van der Waals surface area contributed by atoms with E-state index in [-0.39, 0.29) is 15.6 Å². The Labute approximate surface area is 140 Å². The minimum absolute atomic E-state index is 0.0769. The van der Waals surface area contributed by atoms with Gasteiger partial charge in [-0.25, -0.2) is 8.42 Å². The van der Waals surface area contributed by atoms with E-state index in [1.807, 2.05) is 0 Å². The third kappa shape index (κ3) is 3.74. The van der Waals surface area contributed by atoms with Gasteiger partial charge >= 0.3 is 0 Å². The molecule has 8 heteroatoms. The maximum atomic E-state index is 12.5. The zero-order valence-corrected chi connectivity index (χ0v) is 14.3. The number of sulfonamides is 1. The van der Waals surface area contributed by atoms with Crippen molar-refractivity contribution in [2.75, 3.05) is 18.4 Å². The number of carbonyl (C=O) groups is 1. The summed E-state index contributed by atoms with van der Waals surface area (Å²) in [6.07, 6.45) is 2.66. The van der Waals surface area contributed by atoms with Gasteiger partial charge < -0.3 is 9.73 Å². The van der Waals surface area contributed by atoms with Gasteiger partial charge in [-0.2, -0.15) is 4.31 Å². The number of hydrogen-bond donors (Lipinski definition) is 1. The minimum Gasteiger partial charge on any atom is -0.472 e. The first-order chi connectivity index (χ1) is 10.9. The van der Waals surface area contributed by atoms with Crippen LogP contribution in [0.1, 0.15) is 24.2 Å². The Hall–Kier alpha value is -1.83. The van der Waals surface area contributed by atoms with Crippen molar-refractivity contribution in [2.45, 2.75) is 18.7 Å². The summed E-state index contributed by atoms with van der Waals surface area (Å²) in [5.41, 5.74) is 0.546. The van der Waals surface area contributed by atoms with Crippen LogP contribution < -0.4 is 5.32 Å². The van der Waals surface area contributed by atoms with Crippen LogP contribution in [-0.4, -0.2) is 31.7 Å². The normalized spacial score (nSPS) is 11.7. The Morgan fingerprint density at radius 1 is 1.26 bits per heavy atom. The highest BCUT2D eigenvalue weighted by Crippen LogP contribution is 2.27. The van der Waals surface area contributed by atoms with Gasteiger partial charge in [-0.3, -0.25) is 4.79 Å². The molecule has 124 valence electrons. The summed E-state index contributed by atoms with van der Waals surface area (Å²) in [7, 11) is -3.63.